The van der Waals surface area contributed by atoms with Gasteiger partial charge in [0.2, 0.25) is 0 Å². The lowest BCUT2D eigenvalue weighted by atomic mass is 9.96. The summed E-state index contributed by atoms with van der Waals surface area (Å²) in [4.78, 5) is 28.2. The van der Waals surface area contributed by atoms with Crippen LogP contribution < -0.4 is 11.1 Å². The molecule has 1 aliphatic carbocycles. The molecule has 0 atom stereocenters. The van der Waals surface area contributed by atoms with Crippen molar-refractivity contribution in [3.63, 3.8) is 0 Å². The number of carbonyl (C=O) groups excluding carboxylic acids is 2. The summed E-state index contributed by atoms with van der Waals surface area (Å²) >= 11 is 0. The highest BCUT2D eigenvalue weighted by atomic mass is 31.2. The molecule has 1 aliphatic rings. The second-order valence-corrected chi connectivity index (χ2v) is 8.28. The van der Waals surface area contributed by atoms with Gasteiger partial charge in [-0.1, -0.05) is 24.4 Å². The first-order valence-corrected chi connectivity index (χ1v) is 10.0. The number of amides is 2. The topological polar surface area (TPSA) is 129 Å². The van der Waals surface area contributed by atoms with Crippen LogP contribution in [0, 0.1) is 0 Å². The Morgan fingerprint density at radius 2 is 1.60 bits per heavy atom. The maximum atomic E-state index is 12.9. The van der Waals surface area contributed by atoms with E-state index in [1.165, 1.54) is 0 Å². The average Bonchev–Trinajstić information content (AvgIpc) is 2.45. The number of nitrogens with one attached hydrogen (secondary N) is 1. The van der Waals surface area contributed by atoms with Crippen LogP contribution in [0.5, 0.6) is 0 Å². The van der Waals surface area contributed by atoms with Crippen molar-refractivity contribution in [2.45, 2.75) is 78.0 Å². The lowest BCUT2D eigenvalue weighted by Gasteiger charge is -2.23. The molecule has 3 N–H and O–H groups in total. The Morgan fingerprint density at radius 1 is 1.08 bits per heavy atom. The van der Waals surface area contributed by atoms with E-state index in [0.29, 0.717) is 0 Å². The third kappa shape index (κ3) is 7.54. The molecule has 1 saturated carbocycles. The van der Waals surface area contributed by atoms with Crippen molar-refractivity contribution in [3.05, 3.63) is 0 Å². The minimum Gasteiger partial charge on any atom is -0.364 e. The van der Waals surface area contributed by atoms with E-state index >= 15 is 0 Å². The smallest absolute Gasteiger partial charge is 0.364 e. The molecule has 0 spiro atoms. The second kappa shape index (κ2) is 9.89. The highest BCUT2D eigenvalue weighted by Crippen LogP contribution is 2.52. The summed E-state index contributed by atoms with van der Waals surface area (Å²) in [6.07, 6.45) is 3.02. The van der Waals surface area contributed by atoms with Crippen LogP contribution >= 0.6 is 7.60 Å². The number of nitrogens with two attached hydrogens (primary N) is 1. The minimum absolute atomic E-state index is 0.000823. The highest BCUT2D eigenvalue weighted by Gasteiger charge is 2.39. The van der Waals surface area contributed by atoms with Crippen molar-refractivity contribution in [2.24, 2.45) is 10.9 Å². The maximum Gasteiger partial charge on any atom is 0.433 e. The molecule has 10 heteroatoms. The fourth-order valence-electron chi connectivity index (χ4n) is 2.43. The predicted octanol–water partition coefficient (Wildman–Crippen LogP) is 2.89. The van der Waals surface area contributed by atoms with Gasteiger partial charge in [0.25, 0.3) is 11.4 Å². The monoisotopic (exact) mass is 377 g/mol. The van der Waals surface area contributed by atoms with Gasteiger partial charge in [0, 0.05) is 6.04 Å². The van der Waals surface area contributed by atoms with E-state index in [-0.39, 0.29) is 6.04 Å². The van der Waals surface area contributed by atoms with Gasteiger partial charge < -0.3 is 20.1 Å². The molecule has 0 saturated heterocycles. The van der Waals surface area contributed by atoms with Crippen LogP contribution in [0.4, 0.5) is 4.79 Å². The van der Waals surface area contributed by atoms with Gasteiger partial charge in [-0.2, -0.15) is 0 Å². The zero-order valence-electron chi connectivity index (χ0n) is 15.2. The zero-order valence-corrected chi connectivity index (χ0v) is 16.1. The number of primary amides is 1. The lowest BCUT2D eigenvalue weighted by Crippen LogP contribution is -2.36. The van der Waals surface area contributed by atoms with Gasteiger partial charge in [-0.25, -0.2) is 4.79 Å². The number of rotatable bonds is 8. The predicted molar refractivity (Wildman–Crippen MR) is 93.2 cm³/mol. The SMILES string of the molecule is CC(C)OP(=O)(OC(C)C)/C(=N/OC(=O)NC1CCCCC1)C(N)=O. The summed E-state index contributed by atoms with van der Waals surface area (Å²) in [5.41, 5.74) is 4.49. The molecular weight excluding hydrogens is 349 g/mol. The fraction of sp³-hybridized carbons (Fsp3) is 0.800. The first-order chi connectivity index (χ1) is 11.6. The van der Waals surface area contributed by atoms with Crippen LogP contribution in [-0.2, 0) is 23.2 Å². The van der Waals surface area contributed by atoms with Gasteiger partial charge in [-0.3, -0.25) is 14.2 Å². The van der Waals surface area contributed by atoms with E-state index in [2.05, 4.69) is 15.3 Å². The fourth-order valence-corrected chi connectivity index (χ4v) is 4.20. The largest absolute Gasteiger partial charge is 0.433 e. The van der Waals surface area contributed by atoms with E-state index in [0.717, 1.165) is 32.1 Å². The summed E-state index contributed by atoms with van der Waals surface area (Å²) in [5, 5.41) is 6.04. The summed E-state index contributed by atoms with van der Waals surface area (Å²) < 4.78 is 23.4. The standard InChI is InChI=1S/C15H28N3O6P/c1-10(2)23-25(21,24-11(3)4)14(13(16)19)18-22-15(20)17-12-8-6-5-7-9-12/h10-12H,5-9H2,1-4H3,(H2,16,19)(H,17,20)/b18-14+. The quantitative estimate of drug-likeness (QED) is 0.289. The van der Waals surface area contributed by atoms with Crippen LogP contribution in [0.3, 0.4) is 0 Å². The van der Waals surface area contributed by atoms with Crippen molar-refractivity contribution in [1.82, 2.24) is 5.32 Å². The Labute approximate surface area is 148 Å². The van der Waals surface area contributed by atoms with Gasteiger partial charge in [-0.15, -0.1) is 0 Å². The minimum atomic E-state index is -4.13. The number of carbonyl (C=O) groups is 2. The lowest BCUT2D eigenvalue weighted by molar-refractivity contribution is -0.111. The first kappa shape index (κ1) is 21.6. The van der Waals surface area contributed by atoms with Gasteiger partial charge in [0.15, 0.2) is 0 Å². The van der Waals surface area contributed by atoms with Crippen LogP contribution in [0.25, 0.3) is 0 Å². The molecule has 0 bridgehead atoms. The number of oxime groups is 1. The average molecular weight is 377 g/mol. The van der Waals surface area contributed by atoms with Crippen LogP contribution in [0.15, 0.2) is 5.16 Å². The number of nitrogens with zero attached hydrogens (tertiary/aromatic N) is 1. The molecule has 0 aromatic carbocycles. The molecule has 25 heavy (non-hydrogen) atoms. The van der Waals surface area contributed by atoms with Crippen molar-refractivity contribution >= 4 is 25.0 Å². The molecule has 1 rings (SSSR count). The van der Waals surface area contributed by atoms with Crippen molar-refractivity contribution in [1.29, 1.82) is 0 Å². The van der Waals surface area contributed by atoms with Crippen molar-refractivity contribution < 1.29 is 28.0 Å². The molecule has 0 aliphatic heterocycles. The van der Waals surface area contributed by atoms with Crippen LogP contribution in [0.2, 0.25) is 0 Å². The Kier molecular flexibility index (Phi) is 8.55. The molecule has 0 aromatic rings. The molecule has 0 heterocycles. The normalized spacial score (nSPS) is 17.0. The summed E-state index contributed by atoms with van der Waals surface area (Å²) in [6, 6.07) is -0.000823. The Hall–Kier alpha value is -1.44. The van der Waals surface area contributed by atoms with E-state index < -0.39 is 37.3 Å². The van der Waals surface area contributed by atoms with Gasteiger partial charge in [0.05, 0.1) is 12.2 Å². The van der Waals surface area contributed by atoms with E-state index in [4.69, 9.17) is 14.8 Å². The highest BCUT2D eigenvalue weighted by molar-refractivity contribution is 7.75. The van der Waals surface area contributed by atoms with Gasteiger partial charge in [-0.05, 0) is 40.5 Å². The number of hydrogen-bond donors (Lipinski definition) is 2. The molecule has 2 amide bonds. The molecule has 0 unspecified atom stereocenters. The Bertz CT molecular complexity index is 529. The summed E-state index contributed by atoms with van der Waals surface area (Å²) in [5.74, 6) is -1.14. The number of hydrogen-bond acceptors (Lipinski definition) is 7. The van der Waals surface area contributed by atoms with E-state index in [1.807, 2.05) is 0 Å². The van der Waals surface area contributed by atoms with Crippen molar-refractivity contribution in [3.8, 4) is 0 Å². The van der Waals surface area contributed by atoms with Gasteiger partial charge in [0.1, 0.15) is 0 Å². The molecule has 1 fully saturated rings. The molecular formula is C15H28N3O6P. The van der Waals surface area contributed by atoms with Gasteiger partial charge >= 0.3 is 13.7 Å². The molecule has 9 nitrogen and oxygen atoms in total. The molecule has 0 aromatic heterocycles. The van der Waals surface area contributed by atoms with Crippen LogP contribution in [0.1, 0.15) is 59.8 Å². The van der Waals surface area contributed by atoms with Crippen LogP contribution in [-0.4, -0.2) is 35.7 Å². The summed E-state index contributed by atoms with van der Waals surface area (Å²) in [6.45, 7) is 6.47. The first-order valence-electron chi connectivity index (χ1n) is 8.46. The third-order valence-electron chi connectivity index (χ3n) is 3.32. The summed E-state index contributed by atoms with van der Waals surface area (Å²) in [7, 11) is -4.13. The van der Waals surface area contributed by atoms with Crippen molar-refractivity contribution in [2.75, 3.05) is 0 Å². The third-order valence-corrected chi connectivity index (χ3v) is 5.54. The Balaban J connectivity index is 2.86. The Morgan fingerprint density at radius 3 is 2.04 bits per heavy atom. The molecule has 144 valence electrons. The maximum absolute atomic E-state index is 12.9. The molecule has 0 radical (unpaired) electrons. The second-order valence-electron chi connectivity index (χ2n) is 6.44. The zero-order chi connectivity index (χ0) is 19.0. The van der Waals surface area contributed by atoms with E-state index in [1.54, 1.807) is 27.7 Å². The van der Waals surface area contributed by atoms with E-state index in [9.17, 15) is 14.2 Å².